The molecule has 1 aromatic carbocycles. The normalized spacial score (nSPS) is 19.6. The minimum absolute atomic E-state index is 0.0446. The van der Waals surface area contributed by atoms with Crippen LogP contribution in [0.25, 0.3) is 0 Å². The quantitative estimate of drug-likeness (QED) is 0.791. The summed E-state index contributed by atoms with van der Waals surface area (Å²) < 4.78 is 48.5. The lowest BCUT2D eigenvalue weighted by molar-refractivity contribution is -0.122. The highest BCUT2D eigenvalue weighted by Crippen LogP contribution is 2.21. The molecule has 2 N–H and O–H groups in total. The van der Waals surface area contributed by atoms with E-state index in [1.807, 2.05) is 5.43 Å². The average Bonchev–Trinajstić information content (AvgIpc) is 2.74. The van der Waals surface area contributed by atoms with Gasteiger partial charge in [-0.25, -0.2) is 17.2 Å². The Morgan fingerprint density at radius 2 is 1.77 bits per heavy atom. The predicted molar refractivity (Wildman–Crippen MR) is 73.3 cm³/mol. The number of nitrogens with one attached hydrogen (secondary N) is 2. The second kappa shape index (κ2) is 6.39. The van der Waals surface area contributed by atoms with Crippen molar-refractivity contribution in [2.24, 2.45) is 5.92 Å². The maximum atomic E-state index is 13.0. The van der Waals surface area contributed by atoms with Crippen molar-refractivity contribution in [3.05, 3.63) is 35.4 Å². The first-order valence-corrected chi connectivity index (χ1v) is 8.33. The lowest BCUT2D eigenvalue weighted by Gasteiger charge is -2.10. The SMILES string of the molecule is O=C(C[C@H]1CCS(=O)(=O)C1)NNC(=O)c1cc(F)cc(F)c1. The van der Waals surface area contributed by atoms with Crippen molar-refractivity contribution in [3.8, 4) is 0 Å². The molecular weight excluding hydrogens is 318 g/mol. The van der Waals surface area contributed by atoms with Crippen LogP contribution in [0.3, 0.4) is 0 Å². The predicted octanol–water partition coefficient (Wildman–Crippen LogP) is 0.551. The summed E-state index contributed by atoms with van der Waals surface area (Å²) in [6, 6.07) is 2.28. The van der Waals surface area contributed by atoms with E-state index in [-0.39, 0.29) is 29.4 Å². The van der Waals surface area contributed by atoms with Crippen molar-refractivity contribution in [1.29, 1.82) is 0 Å². The monoisotopic (exact) mass is 332 g/mol. The number of benzene rings is 1. The van der Waals surface area contributed by atoms with Crippen LogP contribution in [0, 0.1) is 17.6 Å². The van der Waals surface area contributed by atoms with Crippen LogP contribution in [0.1, 0.15) is 23.2 Å². The van der Waals surface area contributed by atoms with Gasteiger partial charge in [0.05, 0.1) is 11.5 Å². The third-order valence-corrected chi connectivity index (χ3v) is 5.08. The topological polar surface area (TPSA) is 92.3 Å². The molecule has 1 atom stereocenters. The van der Waals surface area contributed by atoms with Crippen molar-refractivity contribution in [2.45, 2.75) is 12.8 Å². The zero-order valence-electron chi connectivity index (χ0n) is 11.4. The van der Waals surface area contributed by atoms with E-state index in [0.717, 1.165) is 12.1 Å². The molecule has 1 aromatic rings. The first-order chi connectivity index (χ1) is 10.2. The number of carbonyl (C=O) groups excluding carboxylic acids is 2. The summed E-state index contributed by atoms with van der Waals surface area (Å²) in [5.74, 6) is -3.53. The molecule has 0 aromatic heterocycles. The fourth-order valence-corrected chi connectivity index (χ4v) is 4.09. The van der Waals surface area contributed by atoms with Gasteiger partial charge in [0.2, 0.25) is 5.91 Å². The smallest absolute Gasteiger partial charge is 0.269 e. The van der Waals surface area contributed by atoms with E-state index in [2.05, 4.69) is 5.43 Å². The summed E-state index contributed by atoms with van der Waals surface area (Å²) in [6.45, 7) is 0. The summed E-state index contributed by atoms with van der Waals surface area (Å²) in [5, 5.41) is 0. The Kier molecular flexibility index (Phi) is 4.74. The van der Waals surface area contributed by atoms with Gasteiger partial charge in [-0.1, -0.05) is 0 Å². The molecule has 22 heavy (non-hydrogen) atoms. The zero-order chi connectivity index (χ0) is 16.3. The van der Waals surface area contributed by atoms with Crippen LogP contribution in [0.4, 0.5) is 8.78 Å². The van der Waals surface area contributed by atoms with Crippen molar-refractivity contribution in [3.63, 3.8) is 0 Å². The van der Waals surface area contributed by atoms with Crippen LogP contribution in [0.15, 0.2) is 18.2 Å². The second-order valence-corrected chi connectivity index (χ2v) is 7.36. The Bertz CT molecular complexity index is 686. The molecule has 0 saturated carbocycles. The standard InChI is InChI=1S/C13H14F2N2O4S/c14-10-4-9(5-11(15)6-10)13(19)17-16-12(18)3-8-1-2-22(20,21)7-8/h4-6,8H,1-3,7H2,(H,16,18)(H,17,19)/t8-/m1/s1. The number of hydrogen-bond acceptors (Lipinski definition) is 4. The van der Waals surface area contributed by atoms with Gasteiger partial charge < -0.3 is 0 Å². The summed E-state index contributed by atoms with van der Waals surface area (Å²) in [5.41, 5.74) is 3.85. The summed E-state index contributed by atoms with van der Waals surface area (Å²) in [7, 11) is -3.08. The molecule has 120 valence electrons. The lowest BCUT2D eigenvalue weighted by Crippen LogP contribution is -2.42. The van der Waals surface area contributed by atoms with E-state index in [1.54, 1.807) is 0 Å². The number of carbonyl (C=O) groups is 2. The van der Waals surface area contributed by atoms with Gasteiger partial charge in [0.1, 0.15) is 11.6 Å². The van der Waals surface area contributed by atoms with Gasteiger partial charge in [0, 0.05) is 18.1 Å². The third kappa shape index (κ3) is 4.48. The number of halogens is 2. The summed E-state index contributed by atoms with van der Waals surface area (Å²) in [6.07, 6.45) is 0.357. The first kappa shape index (κ1) is 16.3. The molecule has 0 unspecified atom stereocenters. The third-order valence-electron chi connectivity index (χ3n) is 3.24. The van der Waals surface area contributed by atoms with E-state index in [9.17, 15) is 26.8 Å². The van der Waals surface area contributed by atoms with Gasteiger partial charge in [-0.3, -0.25) is 20.4 Å². The minimum atomic E-state index is -3.08. The molecule has 1 aliphatic heterocycles. The van der Waals surface area contributed by atoms with Crippen LogP contribution < -0.4 is 10.9 Å². The zero-order valence-corrected chi connectivity index (χ0v) is 12.3. The van der Waals surface area contributed by atoms with Crippen LogP contribution in [-0.2, 0) is 14.6 Å². The van der Waals surface area contributed by atoms with Gasteiger partial charge in [-0.2, -0.15) is 0 Å². The lowest BCUT2D eigenvalue weighted by atomic mass is 10.1. The second-order valence-electron chi connectivity index (χ2n) is 5.13. The van der Waals surface area contributed by atoms with E-state index in [1.165, 1.54) is 0 Å². The van der Waals surface area contributed by atoms with Gasteiger partial charge in [0.15, 0.2) is 9.84 Å². The molecule has 1 aliphatic rings. The van der Waals surface area contributed by atoms with E-state index in [4.69, 9.17) is 0 Å². The molecule has 0 radical (unpaired) electrons. The van der Waals surface area contributed by atoms with Gasteiger partial charge in [-0.15, -0.1) is 0 Å². The Balaban J connectivity index is 1.84. The largest absolute Gasteiger partial charge is 0.273 e. The molecule has 0 bridgehead atoms. The number of rotatable bonds is 3. The Hall–Kier alpha value is -2.03. The van der Waals surface area contributed by atoms with Gasteiger partial charge in [0.25, 0.3) is 5.91 Å². The number of amides is 2. The summed E-state index contributed by atoms with van der Waals surface area (Å²) >= 11 is 0. The van der Waals surface area contributed by atoms with Crippen LogP contribution in [-0.4, -0.2) is 31.7 Å². The molecule has 1 saturated heterocycles. The van der Waals surface area contributed by atoms with Gasteiger partial charge >= 0.3 is 0 Å². The van der Waals surface area contributed by atoms with Crippen molar-refractivity contribution in [1.82, 2.24) is 10.9 Å². The van der Waals surface area contributed by atoms with Crippen molar-refractivity contribution < 1.29 is 26.8 Å². The molecular formula is C13H14F2N2O4S. The van der Waals surface area contributed by atoms with Crippen LogP contribution in [0.2, 0.25) is 0 Å². The van der Waals surface area contributed by atoms with Crippen molar-refractivity contribution in [2.75, 3.05) is 11.5 Å². The first-order valence-electron chi connectivity index (χ1n) is 6.51. The Morgan fingerprint density at radius 1 is 1.14 bits per heavy atom. The molecule has 6 nitrogen and oxygen atoms in total. The maximum absolute atomic E-state index is 13.0. The molecule has 1 fully saturated rings. The number of hydrogen-bond donors (Lipinski definition) is 2. The highest BCUT2D eigenvalue weighted by atomic mass is 32.2. The molecule has 9 heteroatoms. The fourth-order valence-electron chi connectivity index (χ4n) is 2.23. The highest BCUT2D eigenvalue weighted by molar-refractivity contribution is 7.91. The Labute approximate surface area is 125 Å². The average molecular weight is 332 g/mol. The van der Waals surface area contributed by atoms with Crippen LogP contribution in [0.5, 0.6) is 0 Å². The fraction of sp³-hybridized carbons (Fsp3) is 0.385. The van der Waals surface area contributed by atoms with Crippen molar-refractivity contribution >= 4 is 21.7 Å². The molecule has 2 amide bonds. The van der Waals surface area contributed by atoms with Crippen LogP contribution >= 0.6 is 0 Å². The highest BCUT2D eigenvalue weighted by Gasteiger charge is 2.29. The number of hydrazine groups is 1. The van der Waals surface area contributed by atoms with E-state index in [0.29, 0.717) is 12.5 Å². The molecule has 2 rings (SSSR count). The Morgan fingerprint density at radius 3 is 2.32 bits per heavy atom. The van der Waals surface area contributed by atoms with Gasteiger partial charge in [-0.05, 0) is 24.5 Å². The minimum Gasteiger partial charge on any atom is -0.273 e. The molecule has 0 spiro atoms. The van der Waals surface area contributed by atoms with E-state index < -0.39 is 33.3 Å². The maximum Gasteiger partial charge on any atom is 0.269 e. The molecule has 1 heterocycles. The van der Waals surface area contributed by atoms with E-state index >= 15 is 0 Å². The summed E-state index contributed by atoms with van der Waals surface area (Å²) in [4.78, 5) is 23.2. The number of sulfone groups is 1. The molecule has 0 aliphatic carbocycles.